The quantitative estimate of drug-likeness (QED) is 0.181. The van der Waals surface area contributed by atoms with Crippen LogP contribution >= 0.6 is 0 Å². The number of allylic oxidation sites excluding steroid dienone is 3. The molecular formula is C46H34N2. The lowest BCUT2D eigenvalue weighted by Gasteiger charge is -2.30. The van der Waals surface area contributed by atoms with E-state index < -0.39 is 0 Å². The maximum Gasteiger partial charge on any atom is 0.0541 e. The zero-order valence-corrected chi connectivity index (χ0v) is 26.6. The molecule has 0 unspecified atom stereocenters. The molecule has 0 amide bonds. The Bertz CT molecular complexity index is 2460. The van der Waals surface area contributed by atoms with Gasteiger partial charge in [0, 0.05) is 33.3 Å². The van der Waals surface area contributed by atoms with Crippen LogP contribution in [0.25, 0.3) is 60.5 Å². The predicted molar refractivity (Wildman–Crippen MR) is 204 cm³/mol. The van der Waals surface area contributed by atoms with E-state index in [0.717, 1.165) is 24.2 Å². The SMILES string of the molecule is C1=CC(N(c2ccccc2)c2ccc(-c3ccccc3-n3c4ccccc4c4ccccc43)cc2-c2ccc3ccccc3c2)=CCC1. The predicted octanol–water partition coefficient (Wildman–Crippen LogP) is 12.6. The lowest BCUT2D eigenvalue weighted by atomic mass is 9.93. The summed E-state index contributed by atoms with van der Waals surface area (Å²) in [6.07, 6.45) is 9.03. The number of para-hydroxylation sites is 4. The van der Waals surface area contributed by atoms with Gasteiger partial charge in [-0.1, -0.05) is 127 Å². The zero-order chi connectivity index (χ0) is 31.9. The number of rotatable bonds is 6. The molecule has 0 atom stereocenters. The Kier molecular flexibility index (Phi) is 6.98. The smallest absolute Gasteiger partial charge is 0.0541 e. The van der Waals surface area contributed by atoms with Crippen LogP contribution in [0.2, 0.25) is 0 Å². The second-order valence-corrected chi connectivity index (χ2v) is 12.5. The Labute approximate surface area is 281 Å². The summed E-state index contributed by atoms with van der Waals surface area (Å²) in [7, 11) is 0. The van der Waals surface area contributed by atoms with Crippen LogP contribution in [0.4, 0.5) is 11.4 Å². The first-order valence-electron chi connectivity index (χ1n) is 16.8. The molecule has 48 heavy (non-hydrogen) atoms. The van der Waals surface area contributed by atoms with Gasteiger partial charge < -0.3 is 9.47 Å². The van der Waals surface area contributed by atoms with Gasteiger partial charge in [-0.15, -0.1) is 0 Å². The average Bonchev–Trinajstić information content (AvgIpc) is 3.50. The molecular weight excluding hydrogens is 581 g/mol. The first kappa shape index (κ1) is 28.1. The molecule has 0 saturated heterocycles. The first-order chi connectivity index (χ1) is 23.8. The standard InChI is InChI=1S/C46H34N2/c1-3-17-37(18-4-1)47(38-19-5-2-6-20-38)46-30-29-36(32-42(46)35-28-27-33-15-7-8-16-34(33)31-35)39-21-9-12-24-43(39)48-44-25-13-10-22-40(44)41-23-11-14-26-45(41)48/h1,3-5,7-32H,2,6H2. The summed E-state index contributed by atoms with van der Waals surface area (Å²) < 4.78 is 2.43. The summed E-state index contributed by atoms with van der Waals surface area (Å²) in [5.74, 6) is 0. The van der Waals surface area contributed by atoms with Gasteiger partial charge in [-0.2, -0.15) is 0 Å². The molecule has 0 spiro atoms. The van der Waals surface area contributed by atoms with Gasteiger partial charge in [0.1, 0.15) is 0 Å². The number of benzene rings is 7. The van der Waals surface area contributed by atoms with Crippen LogP contribution in [0.5, 0.6) is 0 Å². The Morgan fingerprint density at radius 2 is 1.12 bits per heavy atom. The van der Waals surface area contributed by atoms with E-state index in [0.29, 0.717) is 0 Å². The monoisotopic (exact) mass is 614 g/mol. The van der Waals surface area contributed by atoms with Crippen molar-refractivity contribution in [3.05, 3.63) is 188 Å². The molecule has 7 aromatic carbocycles. The second kappa shape index (κ2) is 11.9. The maximum absolute atomic E-state index is 2.43. The minimum absolute atomic E-state index is 1.03. The fraction of sp³-hybridized carbons (Fsp3) is 0.0435. The van der Waals surface area contributed by atoms with E-state index in [9.17, 15) is 0 Å². The van der Waals surface area contributed by atoms with Gasteiger partial charge in [0.2, 0.25) is 0 Å². The third-order valence-corrected chi connectivity index (χ3v) is 9.58. The van der Waals surface area contributed by atoms with Gasteiger partial charge in [-0.25, -0.2) is 0 Å². The van der Waals surface area contributed by atoms with E-state index in [4.69, 9.17) is 0 Å². The minimum atomic E-state index is 1.03. The molecule has 2 heteroatoms. The molecule has 9 rings (SSSR count). The molecule has 8 aromatic rings. The number of fused-ring (bicyclic) bond motifs is 4. The van der Waals surface area contributed by atoms with Gasteiger partial charge in [0.25, 0.3) is 0 Å². The molecule has 1 heterocycles. The lowest BCUT2D eigenvalue weighted by molar-refractivity contribution is 0.997. The van der Waals surface area contributed by atoms with Gasteiger partial charge in [-0.3, -0.25) is 0 Å². The van der Waals surface area contributed by atoms with Crippen molar-refractivity contribution in [1.29, 1.82) is 0 Å². The van der Waals surface area contributed by atoms with E-state index >= 15 is 0 Å². The molecule has 0 fully saturated rings. The summed E-state index contributed by atoms with van der Waals surface area (Å²) in [6.45, 7) is 0. The van der Waals surface area contributed by atoms with Crippen molar-refractivity contribution < 1.29 is 0 Å². The van der Waals surface area contributed by atoms with Crippen LogP contribution in [-0.2, 0) is 0 Å². The van der Waals surface area contributed by atoms with Gasteiger partial charge >= 0.3 is 0 Å². The molecule has 2 nitrogen and oxygen atoms in total. The number of nitrogens with zero attached hydrogens (tertiary/aromatic N) is 2. The first-order valence-corrected chi connectivity index (χ1v) is 16.8. The molecule has 1 aromatic heterocycles. The third kappa shape index (κ3) is 4.82. The van der Waals surface area contributed by atoms with Crippen molar-refractivity contribution in [3.8, 4) is 27.9 Å². The van der Waals surface area contributed by atoms with Crippen LogP contribution in [0, 0.1) is 0 Å². The van der Waals surface area contributed by atoms with E-state index in [-0.39, 0.29) is 0 Å². The highest BCUT2D eigenvalue weighted by atomic mass is 15.1. The number of aromatic nitrogens is 1. The Morgan fingerprint density at radius 3 is 1.90 bits per heavy atom. The second-order valence-electron chi connectivity index (χ2n) is 12.5. The number of hydrogen-bond acceptors (Lipinski definition) is 1. The summed E-state index contributed by atoms with van der Waals surface area (Å²) in [4.78, 5) is 2.42. The van der Waals surface area contributed by atoms with Crippen molar-refractivity contribution in [1.82, 2.24) is 4.57 Å². The van der Waals surface area contributed by atoms with Crippen molar-refractivity contribution in [2.45, 2.75) is 12.8 Å². The highest BCUT2D eigenvalue weighted by Crippen LogP contribution is 2.43. The van der Waals surface area contributed by atoms with Crippen LogP contribution in [0.15, 0.2) is 188 Å². The van der Waals surface area contributed by atoms with Crippen LogP contribution in [0.1, 0.15) is 12.8 Å². The Hall–Kier alpha value is -6.12. The van der Waals surface area contributed by atoms with E-state index in [1.165, 1.54) is 66.2 Å². The normalized spacial score (nSPS) is 12.9. The molecule has 0 bridgehead atoms. The molecule has 0 radical (unpaired) electrons. The van der Waals surface area contributed by atoms with E-state index in [1.807, 2.05) is 0 Å². The molecule has 1 aliphatic rings. The summed E-state index contributed by atoms with van der Waals surface area (Å²) in [6, 6.07) is 59.6. The highest BCUT2D eigenvalue weighted by Gasteiger charge is 2.21. The van der Waals surface area contributed by atoms with Gasteiger partial charge in [0.15, 0.2) is 0 Å². The number of anilines is 2. The van der Waals surface area contributed by atoms with Gasteiger partial charge in [-0.05, 0) is 89.3 Å². The van der Waals surface area contributed by atoms with E-state index in [1.54, 1.807) is 0 Å². The maximum atomic E-state index is 2.43. The average molecular weight is 615 g/mol. The molecule has 0 aliphatic heterocycles. The van der Waals surface area contributed by atoms with Crippen molar-refractivity contribution in [2.75, 3.05) is 4.90 Å². The summed E-state index contributed by atoms with van der Waals surface area (Å²) in [5, 5.41) is 5.01. The Balaban J connectivity index is 1.30. The minimum Gasteiger partial charge on any atom is -0.310 e. The van der Waals surface area contributed by atoms with E-state index in [2.05, 4.69) is 191 Å². The summed E-state index contributed by atoms with van der Waals surface area (Å²) in [5.41, 5.74) is 11.9. The molecule has 228 valence electrons. The molecule has 1 aliphatic carbocycles. The van der Waals surface area contributed by atoms with Crippen molar-refractivity contribution >= 4 is 44.0 Å². The topological polar surface area (TPSA) is 8.17 Å². The summed E-state index contributed by atoms with van der Waals surface area (Å²) >= 11 is 0. The third-order valence-electron chi connectivity index (χ3n) is 9.58. The number of hydrogen-bond donors (Lipinski definition) is 0. The fourth-order valence-corrected chi connectivity index (χ4v) is 7.35. The van der Waals surface area contributed by atoms with Crippen LogP contribution in [-0.4, -0.2) is 4.57 Å². The fourth-order valence-electron chi connectivity index (χ4n) is 7.35. The van der Waals surface area contributed by atoms with Crippen LogP contribution in [0.3, 0.4) is 0 Å². The largest absolute Gasteiger partial charge is 0.310 e. The highest BCUT2D eigenvalue weighted by molar-refractivity contribution is 6.09. The van der Waals surface area contributed by atoms with Crippen molar-refractivity contribution in [3.63, 3.8) is 0 Å². The van der Waals surface area contributed by atoms with Crippen molar-refractivity contribution in [2.24, 2.45) is 0 Å². The Morgan fingerprint density at radius 1 is 0.479 bits per heavy atom. The molecule has 0 saturated carbocycles. The lowest BCUT2D eigenvalue weighted by Crippen LogP contribution is -2.17. The van der Waals surface area contributed by atoms with Gasteiger partial charge in [0.05, 0.1) is 22.4 Å². The molecule has 0 N–H and O–H groups in total. The zero-order valence-electron chi connectivity index (χ0n) is 26.6. The van der Waals surface area contributed by atoms with Crippen LogP contribution < -0.4 is 4.90 Å².